The normalized spacial score (nSPS) is 27.2. The van der Waals surface area contributed by atoms with E-state index in [-0.39, 0.29) is 42.7 Å². The molecule has 1 aromatic heterocycles. The van der Waals surface area contributed by atoms with E-state index < -0.39 is 21.4 Å². The second-order valence-corrected chi connectivity index (χ2v) is 11.3. The lowest BCUT2D eigenvalue weighted by molar-refractivity contribution is -0.193. The van der Waals surface area contributed by atoms with E-state index in [1.165, 1.54) is 12.4 Å². The number of ether oxygens (including phenoxy) is 2. The van der Waals surface area contributed by atoms with E-state index in [4.69, 9.17) is 9.47 Å². The molecule has 180 valence electrons. The van der Waals surface area contributed by atoms with Gasteiger partial charge in [0, 0.05) is 25.9 Å². The summed E-state index contributed by atoms with van der Waals surface area (Å²) in [6, 6.07) is 0. The highest BCUT2D eigenvalue weighted by atomic mass is 32.2. The van der Waals surface area contributed by atoms with E-state index in [1.54, 1.807) is 0 Å². The summed E-state index contributed by atoms with van der Waals surface area (Å²) in [6.07, 6.45) is 5.07. The smallest absolute Gasteiger partial charge is 0.395 e. The predicted octanol–water partition coefficient (Wildman–Crippen LogP) is 3.39. The molecule has 3 aliphatic rings. The molecule has 0 unspecified atom stereocenters. The zero-order valence-electron chi connectivity index (χ0n) is 18.2. The van der Waals surface area contributed by atoms with Crippen LogP contribution in [0.2, 0.25) is 0 Å². The van der Waals surface area contributed by atoms with Gasteiger partial charge in [0.15, 0.2) is 14.9 Å². The lowest BCUT2D eigenvalue weighted by atomic mass is 9.94. The van der Waals surface area contributed by atoms with Gasteiger partial charge in [-0.15, -0.1) is 0 Å². The second-order valence-electron chi connectivity index (χ2n) is 9.37. The van der Waals surface area contributed by atoms with Gasteiger partial charge in [-0.05, 0) is 51.4 Å². The first-order chi connectivity index (χ1) is 15.0. The number of nitrogens with zero attached hydrogens (tertiary/aromatic N) is 3. The Bertz CT molecular complexity index is 875. The Morgan fingerprint density at radius 2 is 1.59 bits per heavy atom. The molecule has 0 amide bonds. The van der Waals surface area contributed by atoms with Crippen molar-refractivity contribution in [1.29, 1.82) is 0 Å². The van der Waals surface area contributed by atoms with Gasteiger partial charge in [0.2, 0.25) is 5.88 Å². The fourth-order valence-electron chi connectivity index (χ4n) is 4.60. The standard InChI is InChI=1S/C21H30F3N3O4S/c1-32(28,29)19-13-25-18(12-26-19)31-16-4-2-15(3-5-16)30-17-6-10-27(11-7-17)14-20(8-9-20)21(22,23)24/h12-13,15-17H,2-11,14H2,1H3/t15-,16-. The molecule has 2 heterocycles. The molecule has 1 saturated heterocycles. The highest BCUT2D eigenvalue weighted by molar-refractivity contribution is 7.90. The number of halogens is 3. The van der Waals surface area contributed by atoms with Gasteiger partial charge >= 0.3 is 6.18 Å². The Hall–Kier alpha value is -1.46. The molecule has 0 radical (unpaired) electrons. The molecule has 0 atom stereocenters. The summed E-state index contributed by atoms with van der Waals surface area (Å²) in [4.78, 5) is 9.87. The molecule has 7 nitrogen and oxygen atoms in total. The maximum absolute atomic E-state index is 13.2. The number of rotatable bonds is 7. The van der Waals surface area contributed by atoms with Crippen LogP contribution in [0, 0.1) is 5.41 Å². The molecule has 1 aromatic rings. The molecular weight excluding hydrogens is 447 g/mol. The van der Waals surface area contributed by atoms with Crippen LogP contribution in [0.25, 0.3) is 0 Å². The van der Waals surface area contributed by atoms with Crippen molar-refractivity contribution in [1.82, 2.24) is 14.9 Å². The van der Waals surface area contributed by atoms with Crippen LogP contribution in [-0.4, -0.2) is 73.7 Å². The van der Waals surface area contributed by atoms with E-state index >= 15 is 0 Å². The van der Waals surface area contributed by atoms with E-state index in [1.807, 2.05) is 4.90 Å². The number of hydrogen-bond donors (Lipinski definition) is 0. The number of sulfone groups is 1. The maximum Gasteiger partial charge on any atom is 0.395 e. The molecule has 0 spiro atoms. The maximum atomic E-state index is 13.2. The Morgan fingerprint density at radius 1 is 1.00 bits per heavy atom. The molecular formula is C21H30F3N3O4S. The fourth-order valence-corrected chi connectivity index (χ4v) is 5.09. The lowest BCUT2D eigenvalue weighted by Crippen LogP contribution is -2.44. The summed E-state index contributed by atoms with van der Waals surface area (Å²) in [7, 11) is -3.39. The Labute approximate surface area is 186 Å². The molecule has 0 bridgehead atoms. The fraction of sp³-hybridized carbons (Fsp3) is 0.810. The van der Waals surface area contributed by atoms with Crippen LogP contribution in [0.15, 0.2) is 17.4 Å². The van der Waals surface area contributed by atoms with Crippen molar-refractivity contribution in [2.45, 2.75) is 80.9 Å². The van der Waals surface area contributed by atoms with Gasteiger partial charge in [-0.25, -0.2) is 18.4 Å². The first-order valence-corrected chi connectivity index (χ1v) is 13.1. The first-order valence-electron chi connectivity index (χ1n) is 11.2. The number of hydrogen-bond acceptors (Lipinski definition) is 7. The quantitative estimate of drug-likeness (QED) is 0.595. The average molecular weight is 478 g/mol. The Morgan fingerprint density at radius 3 is 2.09 bits per heavy atom. The van der Waals surface area contributed by atoms with Crippen LogP contribution in [0.5, 0.6) is 5.88 Å². The Balaban J connectivity index is 1.16. The largest absolute Gasteiger partial charge is 0.473 e. The van der Waals surface area contributed by atoms with E-state index in [0.29, 0.717) is 19.0 Å². The zero-order chi connectivity index (χ0) is 23.0. The van der Waals surface area contributed by atoms with Crippen molar-refractivity contribution in [3.05, 3.63) is 12.4 Å². The van der Waals surface area contributed by atoms with E-state index in [0.717, 1.165) is 44.8 Å². The summed E-state index contributed by atoms with van der Waals surface area (Å²) in [5.74, 6) is 0.307. The van der Waals surface area contributed by atoms with Gasteiger partial charge in [0.1, 0.15) is 6.10 Å². The SMILES string of the molecule is CS(=O)(=O)c1cnc(O[C@H]2CC[C@H](OC3CCN(CC4(C(F)(F)F)CC4)CC3)CC2)cn1. The zero-order valence-corrected chi connectivity index (χ0v) is 19.0. The third-order valence-corrected chi connectivity index (χ3v) is 7.76. The third kappa shape index (κ3) is 5.72. The number of piperidine rings is 1. The van der Waals surface area contributed by atoms with Gasteiger partial charge in [-0.1, -0.05) is 0 Å². The van der Waals surface area contributed by atoms with Gasteiger partial charge in [0.25, 0.3) is 0 Å². The van der Waals surface area contributed by atoms with Crippen molar-refractivity contribution in [3.8, 4) is 5.88 Å². The highest BCUT2D eigenvalue weighted by Crippen LogP contribution is 2.58. The van der Waals surface area contributed by atoms with E-state index in [2.05, 4.69) is 9.97 Å². The van der Waals surface area contributed by atoms with Crippen LogP contribution in [-0.2, 0) is 14.6 Å². The minimum absolute atomic E-state index is 0.0211. The summed E-state index contributed by atoms with van der Waals surface area (Å²) in [5.41, 5.74) is -1.46. The van der Waals surface area contributed by atoms with Crippen LogP contribution in [0.4, 0.5) is 13.2 Å². The number of likely N-dealkylation sites (tertiary alicyclic amines) is 1. The highest BCUT2D eigenvalue weighted by Gasteiger charge is 2.63. The van der Waals surface area contributed by atoms with Crippen LogP contribution < -0.4 is 4.74 Å². The van der Waals surface area contributed by atoms with Crippen molar-refractivity contribution in [3.63, 3.8) is 0 Å². The molecule has 32 heavy (non-hydrogen) atoms. The molecule has 1 aliphatic heterocycles. The van der Waals surface area contributed by atoms with Crippen LogP contribution in [0.1, 0.15) is 51.4 Å². The van der Waals surface area contributed by atoms with Crippen LogP contribution in [0.3, 0.4) is 0 Å². The van der Waals surface area contributed by atoms with Crippen molar-refractivity contribution >= 4 is 9.84 Å². The van der Waals surface area contributed by atoms with Crippen molar-refractivity contribution in [2.24, 2.45) is 5.41 Å². The summed E-state index contributed by atoms with van der Waals surface area (Å²) in [5, 5.41) is -0.0845. The van der Waals surface area contributed by atoms with Gasteiger partial charge in [0.05, 0.1) is 30.0 Å². The van der Waals surface area contributed by atoms with Gasteiger partial charge in [-0.2, -0.15) is 13.2 Å². The molecule has 3 fully saturated rings. The van der Waals surface area contributed by atoms with Crippen LogP contribution >= 0.6 is 0 Å². The molecule has 2 aliphatic carbocycles. The summed E-state index contributed by atoms with van der Waals surface area (Å²) in [6.45, 7) is 1.44. The Kier molecular flexibility index (Phi) is 6.71. The summed E-state index contributed by atoms with van der Waals surface area (Å²) >= 11 is 0. The van der Waals surface area contributed by atoms with Crippen molar-refractivity contribution in [2.75, 3.05) is 25.9 Å². The molecule has 0 aromatic carbocycles. The second kappa shape index (κ2) is 9.06. The number of alkyl halides is 3. The van der Waals surface area contributed by atoms with Crippen molar-refractivity contribution < 1.29 is 31.1 Å². The first kappa shape index (κ1) is 23.7. The average Bonchev–Trinajstić information content (AvgIpc) is 3.52. The van der Waals surface area contributed by atoms with E-state index in [9.17, 15) is 21.6 Å². The molecule has 0 N–H and O–H groups in total. The summed E-state index contributed by atoms with van der Waals surface area (Å²) < 4.78 is 74.5. The lowest BCUT2D eigenvalue weighted by Gasteiger charge is -2.37. The minimum Gasteiger partial charge on any atom is -0.473 e. The minimum atomic E-state index is -4.09. The molecule has 11 heteroatoms. The van der Waals surface area contributed by atoms with Gasteiger partial charge in [-0.3, -0.25) is 0 Å². The number of aromatic nitrogens is 2. The molecule has 4 rings (SSSR count). The third-order valence-electron chi connectivity index (χ3n) is 6.79. The predicted molar refractivity (Wildman–Crippen MR) is 110 cm³/mol. The van der Waals surface area contributed by atoms with Gasteiger partial charge < -0.3 is 14.4 Å². The monoisotopic (exact) mass is 477 g/mol. The molecule has 2 saturated carbocycles. The topological polar surface area (TPSA) is 81.6 Å².